The molecule has 0 saturated carbocycles. The van der Waals surface area contributed by atoms with Crippen LogP contribution in [0.1, 0.15) is 18.4 Å². The number of hydrogen-bond donors (Lipinski definition) is 2. The first-order valence-electron chi connectivity index (χ1n) is 7.14. The first-order valence-corrected chi connectivity index (χ1v) is 7.14. The monoisotopic (exact) mass is 276 g/mol. The zero-order chi connectivity index (χ0) is 13.9. The summed E-state index contributed by atoms with van der Waals surface area (Å²) < 4.78 is 10.7. The average molecular weight is 276 g/mol. The molecule has 1 unspecified atom stereocenters. The Morgan fingerprint density at radius 3 is 2.90 bits per heavy atom. The maximum absolute atomic E-state index is 12.2. The third-order valence-electron chi connectivity index (χ3n) is 4.03. The van der Waals surface area contributed by atoms with Crippen molar-refractivity contribution in [2.45, 2.75) is 25.3 Å². The van der Waals surface area contributed by atoms with E-state index in [2.05, 4.69) is 5.32 Å². The highest BCUT2D eigenvalue weighted by atomic mass is 16.5. The van der Waals surface area contributed by atoms with Gasteiger partial charge in [-0.25, -0.2) is 0 Å². The second-order valence-corrected chi connectivity index (χ2v) is 5.39. The molecular weight excluding hydrogens is 256 g/mol. The lowest BCUT2D eigenvalue weighted by Gasteiger charge is -2.26. The van der Waals surface area contributed by atoms with Gasteiger partial charge in [0, 0.05) is 25.3 Å². The van der Waals surface area contributed by atoms with Crippen LogP contribution in [0.2, 0.25) is 0 Å². The molecule has 5 heteroatoms. The van der Waals surface area contributed by atoms with Crippen LogP contribution in [0.4, 0.5) is 5.69 Å². The van der Waals surface area contributed by atoms with Gasteiger partial charge in [-0.2, -0.15) is 0 Å². The minimum absolute atomic E-state index is 0.115. The molecule has 2 aliphatic rings. The van der Waals surface area contributed by atoms with Crippen molar-refractivity contribution in [3.8, 4) is 5.75 Å². The number of amides is 1. The summed E-state index contributed by atoms with van der Waals surface area (Å²) in [7, 11) is 0. The number of ether oxygens (including phenoxy) is 2. The summed E-state index contributed by atoms with van der Waals surface area (Å²) in [6, 6.07) is 5.26. The Balaban J connectivity index is 1.63. The van der Waals surface area contributed by atoms with Gasteiger partial charge in [0.05, 0.1) is 12.6 Å². The topological polar surface area (TPSA) is 73.6 Å². The van der Waals surface area contributed by atoms with Gasteiger partial charge in [-0.15, -0.1) is 0 Å². The molecule has 0 aromatic heterocycles. The van der Waals surface area contributed by atoms with E-state index in [1.165, 1.54) is 0 Å². The Morgan fingerprint density at radius 2 is 2.10 bits per heavy atom. The van der Waals surface area contributed by atoms with Crippen molar-refractivity contribution in [3.05, 3.63) is 23.8 Å². The van der Waals surface area contributed by atoms with E-state index >= 15 is 0 Å². The zero-order valence-corrected chi connectivity index (χ0v) is 11.4. The van der Waals surface area contributed by atoms with Crippen LogP contribution < -0.4 is 15.8 Å². The van der Waals surface area contributed by atoms with Crippen LogP contribution in [-0.2, 0) is 16.0 Å². The summed E-state index contributed by atoms with van der Waals surface area (Å²) in [5.41, 5.74) is 7.99. The number of nitrogens with one attached hydrogen (secondary N) is 1. The molecule has 0 radical (unpaired) electrons. The Labute approximate surface area is 118 Å². The second-order valence-electron chi connectivity index (χ2n) is 5.39. The predicted molar refractivity (Wildman–Crippen MR) is 75.8 cm³/mol. The molecule has 2 aliphatic heterocycles. The van der Waals surface area contributed by atoms with Gasteiger partial charge < -0.3 is 20.5 Å². The van der Waals surface area contributed by atoms with Crippen LogP contribution in [0.25, 0.3) is 0 Å². The van der Waals surface area contributed by atoms with Crippen LogP contribution in [0.3, 0.4) is 0 Å². The molecule has 1 fully saturated rings. The van der Waals surface area contributed by atoms with Crippen LogP contribution in [0.5, 0.6) is 5.75 Å². The molecule has 0 aliphatic carbocycles. The lowest BCUT2D eigenvalue weighted by molar-refractivity contribution is -0.119. The number of anilines is 1. The van der Waals surface area contributed by atoms with Crippen molar-refractivity contribution in [2.24, 2.45) is 11.7 Å². The summed E-state index contributed by atoms with van der Waals surface area (Å²) in [6.45, 7) is 2.11. The van der Waals surface area contributed by atoms with Crippen LogP contribution >= 0.6 is 0 Å². The van der Waals surface area contributed by atoms with E-state index in [1.54, 1.807) is 0 Å². The Morgan fingerprint density at radius 1 is 1.30 bits per heavy atom. The molecule has 2 heterocycles. The fourth-order valence-corrected chi connectivity index (χ4v) is 2.78. The van der Waals surface area contributed by atoms with Gasteiger partial charge in [0.1, 0.15) is 5.75 Å². The summed E-state index contributed by atoms with van der Waals surface area (Å²) in [6.07, 6.45) is 2.60. The normalized spacial score (nSPS) is 20.1. The fourth-order valence-electron chi connectivity index (χ4n) is 2.78. The average Bonchev–Trinajstić information content (AvgIpc) is 2.95. The van der Waals surface area contributed by atoms with Crippen molar-refractivity contribution in [3.63, 3.8) is 0 Å². The Hall–Kier alpha value is -1.59. The van der Waals surface area contributed by atoms with E-state index < -0.39 is 6.04 Å². The highest BCUT2D eigenvalue weighted by Crippen LogP contribution is 2.28. The summed E-state index contributed by atoms with van der Waals surface area (Å²) in [5.74, 6) is 1.01. The van der Waals surface area contributed by atoms with Crippen LogP contribution in [0, 0.1) is 5.92 Å². The molecule has 108 valence electrons. The van der Waals surface area contributed by atoms with Gasteiger partial charge in [-0.3, -0.25) is 4.79 Å². The molecule has 1 aromatic carbocycles. The highest BCUT2D eigenvalue weighted by molar-refractivity contribution is 5.95. The fraction of sp³-hybridized carbons (Fsp3) is 0.533. The number of nitrogens with two attached hydrogens (primary N) is 1. The van der Waals surface area contributed by atoms with E-state index in [0.29, 0.717) is 19.8 Å². The third kappa shape index (κ3) is 2.78. The van der Waals surface area contributed by atoms with Gasteiger partial charge in [-0.1, -0.05) is 0 Å². The summed E-state index contributed by atoms with van der Waals surface area (Å²) in [4.78, 5) is 12.2. The van der Waals surface area contributed by atoms with Crippen LogP contribution in [-0.4, -0.2) is 31.8 Å². The number of carbonyl (C=O) groups is 1. The van der Waals surface area contributed by atoms with Crippen molar-refractivity contribution in [2.75, 3.05) is 25.1 Å². The van der Waals surface area contributed by atoms with E-state index in [4.69, 9.17) is 15.2 Å². The van der Waals surface area contributed by atoms with Crippen LogP contribution in [0.15, 0.2) is 18.2 Å². The first-order chi connectivity index (χ1) is 9.74. The maximum atomic E-state index is 12.2. The molecule has 5 nitrogen and oxygen atoms in total. The van der Waals surface area contributed by atoms with Gasteiger partial charge in [0.2, 0.25) is 5.91 Å². The van der Waals surface area contributed by atoms with Crippen molar-refractivity contribution in [1.82, 2.24) is 0 Å². The molecule has 1 amide bonds. The molecule has 3 N–H and O–H groups in total. The van der Waals surface area contributed by atoms with Crippen molar-refractivity contribution < 1.29 is 14.3 Å². The number of fused-ring (bicyclic) bond motifs is 1. The predicted octanol–water partition coefficient (Wildman–Crippen LogP) is 1.31. The number of hydrogen-bond acceptors (Lipinski definition) is 4. The molecule has 20 heavy (non-hydrogen) atoms. The highest BCUT2D eigenvalue weighted by Gasteiger charge is 2.26. The standard InChI is InChI=1S/C15H20N2O3/c16-14(10-3-6-19-7-4-10)15(18)17-12-1-2-13-11(9-12)5-8-20-13/h1-2,9-10,14H,3-8,16H2,(H,17,18). The molecule has 3 rings (SSSR count). The van der Waals surface area contributed by atoms with E-state index in [9.17, 15) is 4.79 Å². The maximum Gasteiger partial charge on any atom is 0.241 e. The van der Waals surface area contributed by atoms with Gasteiger partial charge >= 0.3 is 0 Å². The number of rotatable bonds is 3. The number of carbonyl (C=O) groups excluding carboxylic acids is 1. The number of benzene rings is 1. The second kappa shape index (κ2) is 5.81. The molecule has 0 bridgehead atoms. The quantitative estimate of drug-likeness (QED) is 0.873. The van der Waals surface area contributed by atoms with Crippen molar-refractivity contribution >= 4 is 11.6 Å². The zero-order valence-electron chi connectivity index (χ0n) is 11.4. The largest absolute Gasteiger partial charge is 0.493 e. The third-order valence-corrected chi connectivity index (χ3v) is 4.03. The summed E-state index contributed by atoms with van der Waals surface area (Å²) >= 11 is 0. The van der Waals surface area contributed by atoms with E-state index in [1.807, 2.05) is 18.2 Å². The molecular formula is C15H20N2O3. The molecule has 1 aromatic rings. The smallest absolute Gasteiger partial charge is 0.241 e. The lowest BCUT2D eigenvalue weighted by atomic mass is 9.92. The van der Waals surface area contributed by atoms with Gasteiger partial charge in [0.15, 0.2) is 0 Å². The van der Waals surface area contributed by atoms with E-state index in [-0.39, 0.29) is 11.8 Å². The van der Waals surface area contributed by atoms with Gasteiger partial charge in [0.25, 0.3) is 0 Å². The SMILES string of the molecule is NC(C(=O)Nc1ccc2c(c1)CCO2)C1CCOCC1. The minimum atomic E-state index is -0.469. The van der Waals surface area contributed by atoms with E-state index in [0.717, 1.165) is 36.3 Å². The molecule has 1 saturated heterocycles. The van der Waals surface area contributed by atoms with Gasteiger partial charge in [-0.05, 0) is 42.5 Å². The Kier molecular flexibility index (Phi) is 3.89. The lowest BCUT2D eigenvalue weighted by Crippen LogP contribution is -2.44. The Bertz CT molecular complexity index is 498. The molecule has 0 spiro atoms. The van der Waals surface area contributed by atoms with Crippen molar-refractivity contribution in [1.29, 1.82) is 0 Å². The summed E-state index contributed by atoms with van der Waals surface area (Å²) in [5, 5.41) is 2.91. The minimum Gasteiger partial charge on any atom is -0.493 e. The molecule has 1 atom stereocenters. The first kappa shape index (κ1) is 13.4.